The molecule has 0 aliphatic heterocycles. The van der Waals surface area contributed by atoms with Crippen LogP contribution in [0.4, 0.5) is 0 Å². The van der Waals surface area contributed by atoms with Crippen LogP contribution in [0.3, 0.4) is 0 Å². The molecule has 2 heteroatoms. The van der Waals surface area contributed by atoms with E-state index >= 15 is 0 Å². The molecule has 0 spiro atoms. The Kier molecular flexibility index (Phi) is 8.02. The van der Waals surface area contributed by atoms with Crippen LogP contribution in [0, 0.1) is 0 Å². The monoisotopic (exact) mass is 244 g/mol. The van der Waals surface area contributed by atoms with Gasteiger partial charge in [-0.3, -0.25) is 0 Å². The van der Waals surface area contributed by atoms with Crippen LogP contribution in [0.1, 0.15) is 18.1 Å². The summed E-state index contributed by atoms with van der Waals surface area (Å²) in [6.45, 7) is 2.32. The summed E-state index contributed by atoms with van der Waals surface area (Å²) in [4.78, 5) is 0. The van der Waals surface area contributed by atoms with Crippen molar-refractivity contribution in [3.05, 3.63) is 59.7 Å². The molecule has 1 nitrogen and oxygen atoms in total. The van der Waals surface area contributed by atoms with E-state index in [1.807, 2.05) is 24.3 Å². The third-order valence-corrected chi connectivity index (χ3v) is 2.05. The molecule has 0 amide bonds. The smallest absolute Gasteiger partial charge is 0.404 e. The van der Waals surface area contributed by atoms with Gasteiger partial charge in [0, 0.05) is 6.61 Å². The molecule has 2 aromatic rings. The van der Waals surface area contributed by atoms with Crippen LogP contribution in [0.2, 0.25) is 0 Å². The van der Waals surface area contributed by atoms with Crippen molar-refractivity contribution < 1.29 is 22.2 Å². The zero-order valence-electron chi connectivity index (χ0n) is 8.83. The van der Waals surface area contributed by atoms with Gasteiger partial charge >= 0.3 is 17.1 Å². The molecule has 1 N–H and O–H groups in total. The number of aliphatic hydroxyl groups excluding tert-OH is 1. The van der Waals surface area contributed by atoms with Crippen LogP contribution in [-0.4, -0.2) is 5.11 Å². The van der Waals surface area contributed by atoms with Crippen LogP contribution in [0.5, 0.6) is 0 Å². The average molecular weight is 244 g/mol. The molecule has 0 aliphatic rings. The molecule has 0 aromatic heterocycles. The van der Waals surface area contributed by atoms with Gasteiger partial charge in [-0.05, 0) is 0 Å². The molecule has 0 saturated heterocycles. The molecule has 2 rings (SSSR count). The van der Waals surface area contributed by atoms with Gasteiger partial charge in [-0.1, -0.05) is 13.3 Å². The second kappa shape index (κ2) is 8.48. The van der Waals surface area contributed by atoms with Crippen molar-refractivity contribution in [1.29, 1.82) is 0 Å². The van der Waals surface area contributed by atoms with Gasteiger partial charge in [-0.2, -0.15) is 29.8 Å². The van der Waals surface area contributed by atoms with Gasteiger partial charge in [0.2, 0.25) is 0 Å². The van der Waals surface area contributed by atoms with E-state index in [0.717, 1.165) is 12.0 Å². The predicted molar refractivity (Wildman–Crippen MR) is 59.4 cm³/mol. The maximum Gasteiger partial charge on any atom is 2.00 e. The second-order valence-electron chi connectivity index (χ2n) is 3.10. The topological polar surface area (TPSA) is 20.2 Å². The summed E-state index contributed by atoms with van der Waals surface area (Å²) in [6.07, 6.45) is 1.16. The Labute approximate surface area is 102 Å². The molecule has 15 heavy (non-hydrogen) atoms. The summed E-state index contributed by atoms with van der Waals surface area (Å²) in [7, 11) is 0. The van der Waals surface area contributed by atoms with E-state index in [9.17, 15) is 0 Å². The van der Waals surface area contributed by atoms with Crippen molar-refractivity contribution in [2.45, 2.75) is 20.0 Å². The molecule has 0 saturated carbocycles. The Morgan fingerprint density at radius 3 is 1.47 bits per heavy atom. The Hall–Kier alpha value is -0.821. The Bertz CT molecular complexity index is 274. The van der Waals surface area contributed by atoms with Crippen molar-refractivity contribution in [3.63, 3.8) is 0 Å². The third-order valence-electron chi connectivity index (χ3n) is 2.05. The molecule has 0 unspecified atom stereocenters. The average Bonchev–Trinajstić information content (AvgIpc) is 2.92. The van der Waals surface area contributed by atoms with Gasteiger partial charge in [-0.15, -0.1) is 5.56 Å². The van der Waals surface area contributed by atoms with Gasteiger partial charge in [0.15, 0.2) is 0 Å². The zero-order chi connectivity index (χ0) is 10.2. The maximum absolute atomic E-state index is 8.43. The summed E-state index contributed by atoms with van der Waals surface area (Å²) in [6, 6.07) is 16.0. The van der Waals surface area contributed by atoms with E-state index < -0.39 is 0 Å². The number of aliphatic hydroxyl groups is 1. The van der Waals surface area contributed by atoms with Crippen molar-refractivity contribution in [1.82, 2.24) is 0 Å². The molecule has 82 valence electrons. The minimum absolute atomic E-state index is 0. The minimum atomic E-state index is 0. The molecule has 0 heterocycles. The first-order chi connectivity index (χ1) is 6.86. The van der Waals surface area contributed by atoms with Crippen LogP contribution in [-0.2, 0) is 30.1 Å². The van der Waals surface area contributed by atoms with E-state index in [2.05, 4.69) is 31.2 Å². The summed E-state index contributed by atoms with van der Waals surface area (Å²) in [5, 5.41) is 8.43. The minimum Gasteiger partial charge on any atom is -0.404 e. The van der Waals surface area contributed by atoms with Crippen LogP contribution in [0.15, 0.2) is 48.5 Å². The van der Waals surface area contributed by atoms with Gasteiger partial charge < -0.3 is 5.11 Å². The predicted octanol–water partition coefficient (Wildman–Crippen LogP) is 2.86. The standard InChI is InChI=1S/C7H9.C6H7O.Fe/c1-2-7-5-3-4-6-7;7-5-6-3-1-2-4-6;/h3-6H,2H2,1H3;1-4,7H,5H2;/q2*-1;+2. The zero-order valence-corrected chi connectivity index (χ0v) is 9.94. The van der Waals surface area contributed by atoms with E-state index in [1.54, 1.807) is 0 Å². The summed E-state index contributed by atoms with van der Waals surface area (Å²) in [5.41, 5.74) is 2.42. The Balaban J connectivity index is 0.000000245. The van der Waals surface area contributed by atoms with Crippen molar-refractivity contribution in [2.24, 2.45) is 0 Å². The molecule has 0 atom stereocenters. The van der Waals surface area contributed by atoms with E-state index in [4.69, 9.17) is 5.11 Å². The van der Waals surface area contributed by atoms with Crippen molar-refractivity contribution in [3.8, 4) is 0 Å². The van der Waals surface area contributed by atoms with Gasteiger partial charge in [-0.25, -0.2) is 24.3 Å². The summed E-state index contributed by atoms with van der Waals surface area (Å²) < 4.78 is 0. The Morgan fingerprint density at radius 1 is 0.867 bits per heavy atom. The van der Waals surface area contributed by atoms with Gasteiger partial charge in [0.25, 0.3) is 0 Å². The van der Waals surface area contributed by atoms with Crippen LogP contribution in [0.25, 0.3) is 0 Å². The van der Waals surface area contributed by atoms with Gasteiger partial charge in [0.1, 0.15) is 0 Å². The largest absolute Gasteiger partial charge is 2.00 e. The molecular formula is C13H16FeO. The number of rotatable bonds is 2. The van der Waals surface area contributed by atoms with E-state index in [1.165, 1.54) is 5.56 Å². The Morgan fingerprint density at radius 2 is 1.27 bits per heavy atom. The van der Waals surface area contributed by atoms with Crippen LogP contribution >= 0.6 is 0 Å². The first kappa shape index (κ1) is 14.2. The maximum atomic E-state index is 8.43. The fourth-order valence-corrected chi connectivity index (χ4v) is 1.17. The summed E-state index contributed by atoms with van der Waals surface area (Å²) >= 11 is 0. The number of hydrogen-bond acceptors (Lipinski definition) is 1. The molecule has 0 radical (unpaired) electrons. The van der Waals surface area contributed by atoms with Crippen molar-refractivity contribution in [2.75, 3.05) is 0 Å². The SMILES string of the molecule is CC[c-]1cccc1.OC[c-]1cccc1.[Fe+2]. The van der Waals surface area contributed by atoms with Crippen LogP contribution < -0.4 is 0 Å². The molecule has 0 bridgehead atoms. The molecular weight excluding hydrogens is 228 g/mol. The quantitative estimate of drug-likeness (QED) is 0.636. The number of aryl methyl sites for hydroxylation is 1. The first-order valence-electron chi connectivity index (χ1n) is 4.89. The molecule has 2 aromatic carbocycles. The van der Waals surface area contributed by atoms with Crippen molar-refractivity contribution >= 4 is 0 Å². The third kappa shape index (κ3) is 5.58. The molecule has 0 fully saturated rings. The normalized spacial score (nSPS) is 8.67. The summed E-state index contributed by atoms with van der Waals surface area (Å²) in [5.74, 6) is 0. The fourth-order valence-electron chi connectivity index (χ4n) is 1.17. The fraction of sp³-hybridized carbons (Fsp3) is 0.231. The van der Waals surface area contributed by atoms with E-state index in [-0.39, 0.29) is 23.7 Å². The first-order valence-corrected chi connectivity index (χ1v) is 4.89. The number of hydrogen-bond donors (Lipinski definition) is 1. The second-order valence-corrected chi connectivity index (χ2v) is 3.10. The molecule has 0 aliphatic carbocycles. The van der Waals surface area contributed by atoms with Gasteiger partial charge in [0.05, 0.1) is 0 Å². The van der Waals surface area contributed by atoms with E-state index in [0.29, 0.717) is 0 Å².